The van der Waals surface area contributed by atoms with Crippen LogP contribution in [-0.2, 0) is 0 Å². The highest BCUT2D eigenvalue weighted by Crippen LogP contribution is 2.13. The first-order valence-electron chi connectivity index (χ1n) is 6.86. The summed E-state index contributed by atoms with van der Waals surface area (Å²) >= 11 is 0. The van der Waals surface area contributed by atoms with Crippen molar-refractivity contribution >= 4 is 12.2 Å². The van der Waals surface area contributed by atoms with Crippen LogP contribution >= 0.6 is 0 Å². The summed E-state index contributed by atoms with van der Waals surface area (Å²) in [5.74, 6) is 0. The zero-order chi connectivity index (χ0) is 14.9. The van der Waals surface area contributed by atoms with E-state index in [1.165, 1.54) is 0 Å². The van der Waals surface area contributed by atoms with Gasteiger partial charge in [-0.2, -0.15) is 5.26 Å². The Bertz CT molecular complexity index is 699. The van der Waals surface area contributed by atoms with Crippen molar-refractivity contribution in [1.82, 2.24) is 0 Å². The molecule has 0 radical (unpaired) electrons. The van der Waals surface area contributed by atoms with Crippen molar-refractivity contribution in [2.75, 3.05) is 0 Å². The number of benzene rings is 2. The average molecular weight is 271 g/mol. The van der Waals surface area contributed by atoms with Gasteiger partial charge < -0.3 is 0 Å². The Balaban J connectivity index is 2.32. The molecule has 0 aliphatic carbocycles. The first-order valence-corrected chi connectivity index (χ1v) is 6.86. The molecule has 0 heterocycles. The normalized spacial score (nSPS) is 12.4. The average Bonchev–Trinajstić information content (AvgIpc) is 2.54. The largest absolute Gasteiger partial charge is 0.193 e. The molecule has 2 rings (SSSR count). The van der Waals surface area contributed by atoms with Gasteiger partial charge in [0.1, 0.15) is 0 Å². The van der Waals surface area contributed by atoms with Crippen LogP contribution < -0.4 is 0 Å². The molecule has 21 heavy (non-hydrogen) atoms. The predicted molar refractivity (Wildman–Crippen MR) is 89.3 cm³/mol. The van der Waals surface area contributed by atoms with Crippen LogP contribution in [0.15, 0.2) is 84.0 Å². The van der Waals surface area contributed by atoms with Gasteiger partial charge in [0.15, 0.2) is 0 Å². The Hall–Kier alpha value is -2.85. The summed E-state index contributed by atoms with van der Waals surface area (Å²) in [4.78, 5) is 0. The SMILES string of the molecule is CC(C#N)=CC(C=Cc1ccccc1)=Cc1ccccc1. The molecular weight excluding hydrogens is 254 g/mol. The van der Waals surface area contributed by atoms with Gasteiger partial charge in [-0.1, -0.05) is 72.8 Å². The quantitative estimate of drug-likeness (QED) is 0.550. The predicted octanol–water partition coefficient (Wildman–Crippen LogP) is 5.25. The van der Waals surface area contributed by atoms with Gasteiger partial charge in [-0.05, 0) is 35.8 Å². The molecule has 2 aromatic carbocycles. The Labute approximate surface area is 126 Å². The van der Waals surface area contributed by atoms with Crippen LogP contribution in [-0.4, -0.2) is 0 Å². The molecule has 0 bridgehead atoms. The molecule has 102 valence electrons. The van der Waals surface area contributed by atoms with Gasteiger partial charge >= 0.3 is 0 Å². The van der Waals surface area contributed by atoms with E-state index in [4.69, 9.17) is 5.26 Å². The third-order valence-corrected chi connectivity index (χ3v) is 2.96. The van der Waals surface area contributed by atoms with Gasteiger partial charge in [-0.3, -0.25) is 0 Å². The van der Waals surface area contributed by atoms with Crippen LogP contribution in [0, 0.1) is 11.3 Å². The molecule has 0 amide bonds. The van der Waals surface area contributed by atoms with E-state index in [1.54, 1.807) is 0 Å². The maximum Gasteiger partial charge on any atom is 0.0944 e. The second kappa shape index (κ2) is 7.67. The Morgan fingerprint density at radius 2 is 1.48 bits per heavy atom. The lowest BCUT2D eigenvalue weighted by Crippen LogP contribution is -1.78. The van der Waals surface area contributed by atoms with Crippen LogP contribution in [0.1, 0.15) is 18.1 Å². The first kappa shape index (κ1) is 14.6. The summed E-state index contributed by atoms with van der Waals surface area (Å²) < 4.78 is 0. The molecule has 0 aromatic heterocycles. The fraction of sp³-hybridized carbons (Fsp3) is 0.0500. The van der Waals surface area contributed by atoms with Gasteiger partial charge in [-0.15, -0.1) is 0 Å². The molecule has 0 saturated heterocycles. The number of nitriles is 1. The van der Waals surface area contributed by atoms with Crippen molar-refractivity contribution in [3.05, 3.63) is 95.1 Å². The van der Waals surface area contributed by atoms with E-state index in [-0.39, 0.29) is 0 Å². The third kappa shape index (κ3) is 4.97. The van der Waals surface area contributed by atoms with Crippen molar-refractivity contribution < 1.29 is 0 Å². The molecule has 2 aromatic rings. The van der Waals surface area contributed by atoms with Crippen LogP contribution in [0.4, 0.5) is 0 Å². The van der Waals surface area contributed by atoms with Crippen molar-refractivity contribution in [2.24, 2.45) is 0 Å². The second-order valence-electron chi connectivity index (χ2n) is 4.74. The molecule has 1 heteroatoms. The van der Waals surface area contributed by atoms with E-state index in [0.29, 0.717) is 5.57 Å². The van der Waals surface area contributed by atoms with E-state index in [9.17, 15) is 0 Å². The molecule has 0 aliphatic heterocycles. The van der Waals surface area contributed by atoms with Crippen LogP contribution in [0.2, 0.25) is 0 Å². The summed E-state index contributed by atoms with van der Waals surface area (Å²) in [6.45, 7) is 1.81. The van der Waals surface area contributed by atoms with E-state index < -0.39 is 0 Å². The smallest absolute Gasteiger partial charge is 0.0944 e. The van der Waals surface area contributed by atoms with Gasteiger partial charge in [0.25, 0.3) is 0 Å². The molecule has 1 nitrogen and oxygen atoms in total. The van der Waals surface area contributed by atoms with E-state index in [2.05, 4.69) is 30.4 Å². The Morgan fingerprint density at radius 1 is 0.905 bits per heavy atom. The highest BCUT2D eigenvalue weighted by molar-refractivity contribution is 5.65. The number of hydrogen-bond acceptors (Lipinski definition) is 1. The van der Waals surface area contributed by atoms with Crippen molar-refractivity contribution in [1.29, 1.82) is 5.26 Å². The van der Waals surface area contributed by atoms with Crippen molar-refractivity contribution in [3.8, 4) is 6.07 Å². The highest BCUT2D eigenvalue weighted by Gasteiger charge is 1.93. The number of rotatable bonds is 4. The monoisotopic (exact) mass is 271 g/mol. The lowest BCUT2D eigenvalue weighted by Gasteiger charge is -1.98. The fourth-order valence-corrected chi connectivity index (χ4v) is 1.92. The van der Waals surface area contributed by atoms with Crippen LogP contribution in [0.3, 0.4) is 0 Å². The Kier molecular flexibility index (Phi) is 5.32. The van der Waals surface area contributed by atoms with Crippen LogP contribution in [0.5, 0.6) is 0 Å². The molecule has 0 spiro atoms. The van der Waals surface area contributed by atoms with Gasteiger partial charge in [-0.25, -0.2) is 0 Å². The number of hydrogen-bond donors (Lipinski definition) is 0. The lowest BCUT2D eigenvalue weighted by molar-refractivity contribution is 1.43. The molecule has 0 N–H and O–H groups in total. The minimum absolute atomic E-state index is 0.690. The lowest BCUT2D eigenvalue weighted by atomic mass is 10.1. The first-order chi connectivity index (χ1) is 10.3. The summed E-state index contributed by atoms with van der Waals surface area (Å²) in [6, 6.07) is 22.4. The Morgan fingerprint density at radius 3 is 2.05 bits per heavy atom. The minimum atomic E-state index is 0.690. The topological polar surface area (TPSA) is 23.8 Å². The number of nitrogens with zero attached hydrogens (tertiary/aromatic N) is 1. The zero-order valence-corrected chi connectivity index (χ0v) is 12.0. The summed E-state index contributed by atoms with van der Waals surface area (Å²) in [5, 5.41) is 8.97. The summed E-state index contributed by atoms with van der Waals surface area (Å²) in [7, 11) is 0. The molecule has 0 unspecified atom stereocenters. The maximum absolute atomic E-state index is 8.97. The molecule has 0 aliphatic rings. The molecule has 0 atom stereocenters. The summed E-state index contributed by atoms with van der Waals surface area (Å²) in [5.41, 5.74) is 3.95. The second-order valence-corrected chi connectivity index (χ2v) is 4.74. The van der Waals surface area contributed by atoms with E-state index in [0.717, 1.165) is 16.7 Å². The van der Waals surface area contributed by atoms with Gasteiger partial charge in [0, 0.05) is 5.57 Å². The van der Waals surface area contributed by atoms with Crippen LogP contribution in [0.25, 0.3) is 12.2 Å². The van der Waals surface area contributed by atoms with Crippen molar-refractivity contribution in [2.45, 2.75) is 6.92 Å². The zero-order valence-electron chi connectivity index (χ0n) is 12.0. The number of allylic oxidation sites excluding steroid dienone is 4. The van der Waals surface area contributed by atoms with Gasteiger partial charge in [0.05, 0.1) is 6.07 Å². The van der Waals surface area contributed by atoms with Gasteiger partial charge in [0.2, 0.25) is 0 Å². The molecule has 0 fully saturated rings. The van der Waals surface area contributed by atoms with E-state index >= 15 is 0 Å². The summed E-state index contributed by atoms with van der Waals surface area (Å²) in [6.07, 6.45) is 8.05. The molecule has 0 saturated carbocycles. The third-order valence-electron chi connectivity index (χ3n) is 2.96. The molecular formula is C20H17N. The highest BCUT2D eigenvalue weighted by atomic mass is 14.2. The fourth-order valence-electron chi connectivity index (χ4n) is 1.92. The van der Waals surface area contributed by atoms with E-state index in [1.807, 2.05) is 67.6 Å². The van der Waals surface area contributed by atoms with Crippen molar-refractivity contribution in [3.63, 3.8) is 0 Å². The maximum atomic E-state index is 8.97. The minimum Gasteiger partial charge on any atom is -0.193 e. The standard InChI is InChI=1S/C20H17N/c1-17(16-21)14-20(15-19-10-6-3-7-11-19)13-12-18-8-4-2-5-9-18/h2-15H,1H3.